The van der Waals surface area contributed by atoms with Gasteiger partial charge in [-0.3, -0.25) is 9.36 Å². The van der Waals surface area contributed by atoms with Crippen molar-refractivity contribution in [2.45, 2.75) is 26.2 Å². The van der Waals surface area contributed by atoms with Gasteiger partial charge in [-0.25, -0.2) is 4.98 Å². The number of halogens is 3. The van der Waals surface area contributed by atoms with Crippen LogP contribution in [0.25, 0.3) is 16.6 Å². The largest absolute Gasteiger partial charge is 0.341 e. The number of piperidine rings is 1. The third kappa shape index (κ3) is 6.07. The molecular weight excluding hydrogens is 672 g/mol. The van der Waals surface area contributed by atoms with Crippen molar-refractivity contribution in [2.24, 2.45) is 0 Å². The first kappa shape index (κ1) is 27.6. The van der Waals surface area contributed by atoms with Gasteiger partial charge in [0, 0.05) is 38.4 Å². The van der Waals surface area contributed by atoms with Gasteiger partial charge in [0.1, 0.15) is 5.82 Å². The smallest absolute Gasteiger partial charge is 0.266 e. The third-order valence-corrected chi connectivity index (χ3v) is 8.92. The van der Waals surface area contributed by atoms with E-state index in [9.17, 15) is 4.79 Å². The van der Waals surface area contributed by atoms with Crippen LogP contribution in [0.5, 0.6) is 0 Å². The van der Waals surface area contributed by atoms with Crippen LogP contribution in [-0.4, -0.2) is 37.6 Å². The summed E-state index contributed by atoms with van der Waals surface area (Å²) in [6.45, 7) is 3.63. The average molecular weight is 697 g/mol. The standard InChI is InChI=1S/C29H25Br2ClN8O/c1-17-33-25-16-24(31)23(30)15-22(25)26(41)40(17)21-11-9-20(10-12-21)35-28-36-27(34-19-7-5-18(32)6-8-19)37-29(38-28)39-13-3-2-4-14-39/h5-12,15-16H,2-4,13-14H2,1H3,(H2,34,35,36,37,38). The minimum absolute atomic E-state index is 0.136. The number of rotatable bonds is 6. The molecule has 2 N–H and O–H groups in total. The van der Waals surface area contributed by atoms with Crippen LogP contribution in [-0.2, 0) is 0 Å². The highest BCUT2D eigenvalue weighted by molar-refractivity contribution is 9.13. The Kier molecular flexibility index (Phi) is 7.92. The summed E-state index contributed by atoms with van der Waals surface area (Å²) in [5.41, 5.74) is 2.81. The molecule has 208 valence electrons. The van der Waals surface area contributed by atoms with Crippen LogP contribution in [0.2, 0.25) is 5.02 Å². The van der Waals surface area contributed by atoms with E-state index in [1.807, 2.05) is 61.5 Å². The van der Waals surface area contributed by atoms with Gasteiger partial charge in [0.2, 0.25) is 17.8 Å². The van der Waals surface area contributed by atoms with E-state index >= 15 is 0 Å². The molecule has 1 fully saturated rings. The number of aromatic nitrogens is 5. The van der Waals surface area contributed by atoms with Gasteiger partial charge in [-0.2, -0.15) is 15.0 Å². The Balaban J connectivity index is 1.30. The van der Waals surface area contributed by atoms with E-state index in [1.165, 1.54) is 6.42 Å². The topological polar surface area (TPSA) is 101 Å². The molecule has 6 rings (SSSR count). The van der Waals surface area contributed by atoms with Gasteiger partial charge in [-0.1, -0.05) is 11.6 Å². The Hall–Kier alpha value is -3.54. The number of aryl methyl sites for hydroxylation is 1. The molecule has 0 aliphatic carbocycles. The monoisotopic (exact) mass is 694 g/mol. The Bertz CT molecular complexity index is 1790. The minimum atomic E-state index is -0.136. The second-order valence-corrected chi connectivity index (χ2v) is 11.9. The molecule has 0 saturated carbocycles. The molecule has 41 heavy (non-hydrogen) atoms. The van der Waals surface area contributed by atoms with Crippen LogP contribution in [0.1, 0.15) is 25.1 Å². The highest BCUT2D eigenvalue weighted by Gasteiger charge is 2.17. The van der Waals surface area contributed by atoms with Crippen molar-refractivity contribution in [1.29, 1.82) is 0 Å². The minimum Gasteiger partial charge on any atom is -0.341 e. The van der Waals surface area contributed by atoms with E-state index < -0.39 is 0 Å². The first-order chi connectivity index (χ1) is 19.8. The van der Waals surface area contributed by atoms with Crippen LogP contribution in [0.15, 0.2) is 74.4 Å². The second-order valence-electron chi connectivity index (χ2n) is 9.72. The number of anilines is 5. The molecule has 3 aromatic carbocycles. The SMILES string of the molecule is Cc1nc2cc(Br)c(Br)cc2c(=O)n1-c1ccc(Nc2nc(Nc3ccc(Cl)cc3)nc(N3CCCCC3)n2)cc1. The Morgan fingerprint density at radius 2 is 1.37 bits per heavy atom. The first-order valence-corrected chi connectivity index (χ1v) is 15.1. The number of hydrogen-bond donors (Lipinski definition) is 2. The van der Waals surface area contributed by atoms with E-state index in [0.717, 1.165) is 46.3 Å². The summed E-state index contributed by atoms with van der Waals surface area (Å²) in [5.74, 6) is 2.07. The highest BCUT2D eigenvalue weighted by Crippen LogP contribution is 2.28. The Labute approximate surface area is 258 Å². The lowest BCUT2D eigenvalue weighted by Crippen LogP contribution is -2.31. The lowest BCUT2D eigenvalue weighted by molar-refractivity contribution is 0.568. The number of nitrogens with zero attached hydrogens (tertiary/aromatic N) is 6. The fourth-order valence-corrected chi connectivity index (χ4v) is 5.59. The van der Waals surface area contributed by atoms with Crippen LogP contribution in [0, 0.1) is 6.92 Å². The molecule has 0 spiro atoms. The summed E-state index contributed by atoms with van der Waals surface area (Å²) in [4.78, 5) is 34.3. The normalized spacial score (nSPS) is 13.4. The maximum Gasteiger partial charge on any atom is 0.266 e. The maximum atomic E-state index is 13.4. The Morgan fingerprint density at radius 3 is 2.00 bits per heavy atom. The number of hydrogen-bond acceptors (Lipinski definition) is 8. The van der Waals surface area contributed by atoms with Crippen molar-refractivity contribution >= 4 is 83.6 Å². The molecule has 3 heterocycles. The van der Waals surface area contributed by atoms with Crippen molar-refractivity contribution in [3.05, 3.63) is 90.8 Å². The lowest BCUT2D eigenvalue weighted by atomic mass is 10.1. The number of nitrogens with one attached hydrogen (secondary N) is 2. The molecule has 9 nitrogen and oxygen atoms in total. The van der Waals surface area contributed by atoms with Gasteiger partial charge in [-0.05, 0) is 119 Å². The lowest BCUT2D eigenvalue weighted by Gasteiger charge is -2.27. The molecule has 0 unspecified atom stereocenters. The van der Waals surface area contributed by atoms with E-state index in [-0.39, 0.29) is 5.56 Å². The molecule has 12 heteroatoms. The Morgan fingerprint density at radius 1 is 0.780 bits per heavy atom. The third-order valence-electron chi connectivity index (χ3n) is 6.82. The van der Waals surface area contributed by atoms with Crippen molar-refractivity contribution in [3.8, 4) is 5.69 Å². The molecule has 0 bridgehead atoms. The molecule has 2 aromatic heterocycles. The van der Waals surface area contributed by atoms with Crippen LogP contribution in [0.4, 0.5) is 29.2 Å². The van der Waals surface area contributed by atoms with E-state index in [2.05, 4.69) is 57.4 Å². The number of benzene rings is 3. The predicted octanol–water partition coefficient (Wildman–Crippen LogP) is 7.54. The van der Waals surface area contributed by atoms with Gasteiger partial charge < -0.3 is 15.5 Å². The molecule has 1 aliphatic heterocycles. The molecule has 0 radical (unpaired) electrons. The molecule has 0 atom stereocenters. The summed E-state index contributed by atoms with van der Waals surface area (Å²) in [6.07, 6.45) is 3.41. The van der Waals surface area contributed by atoms with E-state index in [4.69, 9.17) is 21.6 Å². The van der Waals surface area contributed by atoms with Crippen LogP contribution >= 0.6 is 43.5 Å². The molecule has 5 aromatic rings. The van der Waals surface area contributed by atoms with E-state index in [1.54, 1.807) is 10.6 Å². The summed E-state index contributed by atoms with van der Waals surface area (Å²) in [7, 11) is 0. The van der Waals surface area contributed by atoms with Crippen LogP contribution < -0.4 is 21.1 Å². The van der Waals surface area contributed by atoms with Crippen LogP contribution in [0.3, 0.4) is 0 Å². The van der Waals surface area contributed by atoms with E-state index in [0.29, 0.717) is 45.3 Å². The summed E-state index contributed by atoms with van der Waals surface area (Å²) >= 11 is 13.0. The zero-order valence-electron chi connectivity index (χ0n) is 22.0. The summed E-state index contributed by atoms with van der Waals surface area (Å²) in [6, 6.07) is 18.5. The number of fused-ring (bicyclic) bond motifs is 1. The molecule has 0 amide bonds. The van der Waals surface area contributed by atoms with Gasteiger partial charge in [0.05, 0.1) is 16.6 Å². The second kappa shape index (κ2) is 11.8. The maximum absolute atomic E-state index is 13.4. The van der Waals surface area contributed by atoms with Crippen molar-refractivity contribution in [1.82, 2.24) is 24.5 Å². The van der Waals surface area contributed by atoms with Gasteiger partial charge >= 0.3 is 0 Å². The van der Waals surface area contributed by atoms with Crippen molar-refractivity contribution in [3.63, 3.8) is 0 Å². The van der Waals surface area contributed by atoms with Gasteiger partial charge in [0.15, 0.2) is 0 Å². The zero-order chi connectivity index (χ0) is 28.5. The summed E-state index contributed by atoms with van der Waals surface area (Å²) < 4.78 is 3.25. The van der Waals surface area contributed by atoms with Crippen molar-refractivity contribution in [2.75, 3.05) is 28.6 Å². The first-order valence-electron chi connectivity index (χ1n) is 13.1. The fraction of sp³-hybridized carbons (Fsp3) is 0.207. The highest BCUT2D eigenvalue weighted by atomic mass is 79.9. The predicted molar refractivity (Wildman–Crippen MR) is 171 cm³/mol. The average Bonchev–Trinajstić information content (AvgIpc) is 2.97. The quantitative estimate of drug-likeness (QED) is 0.188. The molecule has 1 aliphatic rings. The molecule has 1 saturated heterocycles. The summed E-state index contributed by atoms with van der Waals surface area (Å²) in [5, 5.41) is 7.76. The van der Waals surface area contributed by atoms with Crippen molar-refractivity contribution < 1.29 is 0 Å². The van der Waals surface area contributed by atoms with Gasteiger partial charge in [0.25, 0.3) is 5.56 Å². The fourth-order valence-electron chi connectivity index (χ4n) is 4.79. The zero-order valence-corrected chi connectivity index (χ0v) is 26.0. The molecular formula is C29H25Br2ClN8O. The van der Waals surface area contributed by atoms with Gasteiger partial charge in [-0.15, -0.1) is 0 Å².